The normalized spacial score (nSPS) is 10.8. The van der Waals surface area contributed by atoms with Gasteiger partial charge in [-0.1, -0.05) is 0 Å². The minimum Gasteiger partial charge on any atom is -0.468 e. The number of aromatic nitrogens is 1. The van der Waals surface area contributed by atoms with Crippen LogP contribution in [0.3, 0.4) is 0 Å². The average molecular weight is 285 g/mol. The lowest BCUT2D eigenvalue weighted by Crippen LogP contribution is -2.39. The zero-order chi connectivity index (χ0) is 15.5. The highest BCUT2D eigenvalue weighted by molar-refractivity contribution is 5.79. The molecule has 0 spiro atoms. The van der Waals surface area contributed by atoms with Crippen molar-refractivity contribution in [3.8, 4) is 5.75 Å². The van der Waals surface area contributed by atoms with E-state index in [-0.39, 0.29) is 5.75 Å². The summed E-state index contributed by atoms with van der Waals surface area (Å²) in [6.07, 6.45) is 0. The summed E-state index contributed by atoms with van der Waals surface area (Å²) < 4.78 is 9.67. The topological polar surface area (TPSA) is 135 Å². The molecule has 108 valence electrons. The molecule has 1 rings (SSSR count). The summed E-state index contributed by atoms with van der Waals surface area (Å²) in [7, 11) is 1.13. The Balaban J connectivity index is 3.22. The van der Waals surface area contributed by atoms with E-state index in [0.717, 1.165) is 19.2 Å². The Labute approximate surface area is 112 Å². The smallest absolute Gasteiger partial charge is 0.410 e. The van der Waals surface area contributed by atoms with E-state index in [2.05, 4.69) is 9.72 Å². The van der Waals surface area contributed by atoms with Gasteiger partial charge in [-0.15, -0.1) is 0 Å². The molecule has 0 aliphatic carbocycles. The standard InChI is InChI=1S/C10H11N3O7/c1-10(2,9(14)19-3)20-6-4-5-7(12(15)16)11-8(6)13(17)18/h4-5H,1-3H3. The number of nitro groups is 2. The Kier molecular flexibility index (Phi) is 4.17. The SMILES string of the molecule is COC(=O)C(C)(C)Oc1ccc([N+](=O)[O-])nc1[N+](=O)[O-]. The van der Waals surface area contributed by atoms with Gasteiger partial charge in [0.2, 0.25) is 11.4 Å². The molecular formula is C10H11N3O7. The van der Waals surface area contributed by atoms with Crippen LogP contribution in [0, 0.1) is 20.2 Å². The van der Waals surface area contributed by atoms with Crippen molar-refractivity contribution in [3.05, 3.63) is 32.4 Å². The van der Waals surface area contributed by atoms with Gasteiger partial charge >= 0.3 is 17.6 Å². The number of methoxy groups -OCH3 is 1. The number of carbonyl (C=O) groups is 1. The maximum Gasteiger partial charge on any atom is 0.410 e. The van der Waals surface area contributed by atoms with Crippen molar-refractivity contribution in [2.75, 3.05) is 7.11 Å². The highest BCUT2D eigenvalue weighted by atomic mass is 16.6. The summed E-state index contributed by atoms with van der Waals surface area (Å²) in [5, 5.41) is 21.4. The second-order valence-electron chi connectivity index (χ2n) is 4.11. The average Bonchev–Trinajstić information content (AvgIpc) is 2.37. The molecule has 0 saturated heterocycles. The van der Waals surface area contributed by atoms with Gasteiger partial charge in [0.15, 0.2) is 0 Å². The van der Waals surface area contributed by atoms with Crippen LogP contribution < -0.4 is 4.74 Å². The number of carbonyl (C=O) groups excluding carboxylic acids is 1. The van der Waals surface area contributed by atoms with E-state index in [1.54, 1.807) is 0 Å². The van der Waals surface area contributed by atoms with E-state index in [1.165, 1.54) is 13.8 Å². The van der Waals surface area contributed by atoms with Gasteiger partial charge < -0.3 is 29.7 Å². The maximum absolute atomic E-state index is 11.4. The van der Waals surface area contributed by atoms with Crippen LogP contribution in [-0.2, 0) is 9.53 Å². The first-order valence-electron chi connectivity index (χ1n) is 5.26. The van der Waals surface area contributed by atoms with Gasteiger partial charge in [0.05, 0.1) is 7.11 Å². The highest BCUT2D eigenvalue weighted by Gasteiger charge is 2.34. The first-order chi connectivity index (χ1) is 9.19. The number of pyridine rings is 1. The Morgan fingerprint density at radius 1 is 1.25 bits per heavy atom. The Bertz CT molecular complexity index is 570. The van der Waals surface area contributed by atoms with E-state index in [9.17, 15) is 25.0 Å². The second-order valence-corrected chi connectivity index (χ2v) is 4.11. The summed E-state index contributed by atoms with van der Waals surface area (Å²) in [5.74, 6) is -2.67. The summed E-state index contributed by atoms with van der Waals surface area (Å²) in [6, 6.07) is 1.95. The Hall–Kier alpha value is -2.78. The Morgan fingerprint density at radius 2 is 1.85 bits per heavy atom. The summed E-state index contributed by atoms with van der Waals surface area (Å²) in [4.78, 5) is 34.3. The van der Waals surface area contributed by atoms with Crippen molar-refractivity contribution in [3.63, 3.8) is 0 Å². The van der Waals surface area contributed by atoms with Crippen molar-refractivity contribution < 1.29 is 24.1 Å². The number of ether oxygens (including phenoxy) is 2. The molecule has 0 aliphatic rings. The first-order valence-corrected chi connectivity index (χ1v) is 5.26. The molecule has 0 bridgehead atoms. The quantitative estimate of drug-likeness (QED) is 0.447. The van der Waals surface area contributed by atoms with Crippen molar-refractivity contribution in [1.82, 2.24) is 4.98 Å². The lowest BCUT2D eigenvalue weighted by atomic mass is 10.1. The summed E-state index contributed by atoms with van der Waals surface area (Å²) in [5.41, 5.74) is -1.50. The van der Waals surface area contributed by atoms with Crippen molar-refractivity contribution in [1.29, 1.82) is 0 Å². The maximum atomic E-state index is 11.4. The zero-order valence-corrected chi connectivity index (χ0v) is 10.9. The molecule has 1 heterocycles. The molecular weight excluding hydrogens is 274 g/mol. The van der Waals surface area contributed by atoms with Gasteiger partial charge in [0, 0.05) is 11.1 Å². The third-order valence-corrected chi connectivity index (χ3v) is 2.23. The second kappa shape index (κ2) is 5.47. The highest BCUT2D eigenvalue weighted by Crippen LogP contribution is 2.30. The Morgan fingerprint density at radius 3 is 2.30 bits per heavy atom. The summed E-state index contributed by atoms with van der Waals surface area (Å²) in [6.45, 7) is 2.67. The lowest BCUT2D eigenvalue weighted by molar-refractivity contribution is -0.403. The van der Waals surface area contributed by atoms with E-state index >= 15 is 0 Å². The van der Waals surface area contributed by atoms with Gasteiger partial charge in [-0.3, -0.25) is 0 Å². The van der Waals surface area contributed by atoms with Crippen LogP contribution >= 0.6 is 0 Å². The van der Waals surface area contributed by atoms with Gasteiger partial charge in [0.1, 0.15) is 0 Å². The van der Waals surface area contributed by atoms with Crippen LogP contribution in [0.4, 0.5) is 11.6 Å². The number of hydrogen-bond acceptors (Lipinski definition) is 8. The van der Waals surface area contributed by atoms with E-state index in [4.69, 9.17) is 4.74 Å². The third-order valence-electron chi connectivity index (χ3n) is 2.23. The van der Waals surface area contributed by atoms with Gasteiger partial charge in [-0.05, 0) is 29.8 Å². The van der Waals surface area contributed by atoms with Crippen LogP contribution in [0.2, 0.25) is 0 Å². The lowest BCUT2D eigenvalue weighted by Gasteiger charge is -2.22. The predicted molar refractivity (Wildman–Crippen MR) is 64.3 cm³/mol. The van der Waals surface area contributed by atoms with Gasteiger partial charge in [-0.2, -0.15) is 0 Å². The predicted octanol–water partition coefficient (Wildman–Crippen LogP) is 1.23. The van der Waals surface area contributed by atoms with Gasteiger partial charge in [0.25, 0.3) is 0 Å². The van der Waals surface area contributed by atoms with Crippen LogP contribution in [0.1, 0.15) is 13.8 Å². The van der Waals surface area contributed by atoms with Crippen LogP contribution in [0.5, 0.6) is 5.75 Å². The molecule has 10 heteroatoms. The van der Waals surface area contributed by atoms with Crippen molar-refractivity contribution >= 4 is 17.6 Å². The van der Waals surface area contributed by atoms with Crippen LogP contribution in [-0.4, -0.2) is 33.5 Å². The largest absolute Gasteiger partial charge is 0.468 e. The van der Waals surface area contributed by atoms with Crippen molar-refractivity contribution in [2.24, 2.45) is 0 Å². The number of nitrogens with zero attached hydrogens (tertiary/aromatic N) is 3. The molecule has 1 aromatic rings. The minimum absolute atomic E-state index is 0.365. The molecule has 0 radical (unpaired) electrons. The van der Waals surface area contributed by atoms with Crippen LogP contribution in [0.25, 0.3) is 0 Å². The van der Waals surface area contributed by atoms with Crippen molar-refractivity contribution in [2.45, 2.75) is 19.4 Å². The fraction of sp³-hybridized carbons (Fsp3) is 0.400. The van der Waals surface area contributed by atoms with E-state index in [0.29, 0.717) is 0 Å². The van der Waals surface area contributed by atoms with Crippen LogP contribution in [0.15, 0.2) is 12.1 Å². The third kappa shape index (κ3) is 3.16. The minimum atomic E-state index is -1.50. The van der Waals surface area contributed by atoms with E-state index < -0.39 is 33.1 Å². The molecule has 10 nitrogen and oxygen atoms in total. The molecule has 0 aliphatic heterocycles. The molecule has 0 atom stereocenters. The zero-order valence-electron chi connectivity index (χ0n) is 10.9. The molecule has 20 heavy (non-hydrogen) atoms. The summed E-state index contributed by atoms with van der Waals surface area (Å²) >= 11 is 0. The molecule has 0 aromatic carbocycles. The number of rotatable bonds is 5. The molecule has 0 amide bonds. The molecule has 1 aromatic heterocycles. The monoisotopic (exact) mass is 285 g/mol. The number of hydrogen-bond donors (Lipinski definition) is 0. The molecule has 0 saturated carbocycles. The molecule has 0 unspecified atom stereocenters. The van der Waals surface area contributed by atoms with Gasteiger partial charge in [-0.25, -0.2) is 4.79 Å². The van der Waals surface area contributed by atoms with E-state index in [1.807, 2.05) is 0 Å². The number of esters is 1. The fourth-order valence-electron chi connectivity index (χ4n) is 1.30. The molecule has 0 N–H and O–H groups in total. The molecule has 0 fully saturated rings. The first kappa shape index (κ1) is 15.3. The fourth-order valence-corrected chi connectivity index (χ4v) is 1.30.